The van der Waals surface area contributed by atoms with Gasteiger partial charge in [-0.2, -0.15) is 0 Å². The van der Waals surface area contributed by atoms with Gasteiger partial charge in [0, 0.05) is 18.4 Å². The first-order valence-corrected chi connectivity index (χ1v) is 6.27. The van der Waals surface area contributed by atoms with Crippen LogP contribution in [-0.4, -0.2) is 34.2 Å². The van der Waals surface area contributed by atoms with Crippen molar-refractivity contribution < 1.29 is 17.9 Å². The maximum absolute atomic E-state index is 11.5. The lowest BCUT2D eigenvalue weighted by Gasteiger charge is -2.07. The molecule has 0 saturated heterocycles. The SMILES string of the molecule is COCCS(=O)(=O)Nc1cccc(C=O)c1. The maximum atomic E-state index is 11.5. The Bertz CT molecular complexity index is 456. The number of carbonyl (C=O) groups is 1. The Labute approximate surface area is 94.5 Å². The number of ether oxygens (including phenoxy) is 1. The Morgan fingerprint density at radius 3 is 2.81 bits per heavy atom. The normalized spacial score (nSPS) is 11.1. The summed E-state index contributed by atoms with van der Waals surface area (Å²) in [6.07, 6.45) is 0.660. The van der Waals surface area contributed by atoms with Gasteiger partial charge in [0.05, 0.1) is 12.4 Å². The molecule has 88 valence electrons. The van der Waals surface area contributed by atoms with Crippen LogP contribution >= 0.6 is 0 Å². The maximum Gasteiger partial charge on any atom is 0.234 e. The van der Waals surface area contributed by atoms with Crippen LogP contribution in [0.4, 0.5) is 5.69 Å². The zero-order valence-electron chi connectivity index (χ0n) is 8.84. The van der Waals surface area contributed by atoms with Gasteiger partial charge in [-0.3, -0.25) is 9.52 Å². The van der Waals surface area contributed by atoms with Crippen LogP contribution in [0.1, 0.15) is 10.4 Å². The van der Waals surface area contributed by atoms with Crippen molar-refractivity contribution in [1.29, 1.82) is 0 Å². The van der Waals surface area contributed by atoms with E-state index in [1.165, 1.54) is 13.2 Å². The van der Waals surface area contributed by atoms with Crippen LogP contribution < -0.4 is 4.72 Å². The second kappa shape index (κ2) is 5.62. The minimum absolute atomic E-state index is 0.116. The summed E-state index contributed by atoms with van der Waals surface area (Å²) in [6, 6.07) is 6.26. The molecule has 0 heterocycles. The van der Waals surface area contributed by atoms with Crippen molar-refractivity contribution in [1.82, 2.24) is 0 Å². The summed E-state index contributed by atoms with van der Waals surface area (Å²) < 4.78 is 30.0. The van der Waals surface area contributed by atoms with Gasteiger partial charge in [-0.05, 0) is 12.1 Å². The molecule has 0 aliphatic carbocycles. The lowest BCUT2D eigenvalue weighted by molar-refractivity contribution is 0.112. The second-order valence-corrected chi connectivity index (χ2v) is 5.00. The van der Waals surface area contributed by atoms with Gasteiger partial charge in [0.25, 0.3) is 0 Å². The van der Waals surface area contributed by atoms with E-state index >= 15 is 0 Å². The summed E-state index contributed by atoms with van der Waals surface area (Å²) in [5.74, 6) is -0.116. The zero-order chi connectivity index (χ0) is 12.0. The van der Waals surface area contributed by atoms with Crippen molar-refractivity contribution >= 4 is 22.0 Å². The Morgan fingerprint density at radius 1 is 1.44 bits per heavy atom. The van der Waals surface area contributed by atoms with Gasteiger partial charge in [-0.1, -0.05) is 12.1 Å². The molecule has 0 bridgehead atoms. The summed E-state index contributed by atoms with van der Waals surface area (Å²) in [7, 11) is -1.98. The Balaban J connectivity index is 2.75. The van der Waals surface area contributed by atoms with E-state index in [0.717, 1.165) is 0 Å². The monoisotopic (exact) mass is 243 g/mol. The number of hydrogen-bond acceptors (Lipinski definition) is 4. The van der Waals surface area contributed by atoms with Crippen LogP contribution in [0.25, 0.3) is 0 Å². The number of rotatable bonds is 6. The van der Waals surface area contributed by atoms with Crippen LogP contribution in [0.15, 0.2) is 24.3 Å². The van der Waals surface area contributed by atoms with Crippen molar-refractivity contribution in [2.45, 2.75) is 0 Å². The highest BCUT2D eigenvalue weighted by atomic mass is 32.2. The zero-order valence-corrected chi connectivity index (χ0v) is 9.66. The summed E-state index contributed by atoms with van der Waals surface area (Å²) in [5, 5.41) is 0. The summed E-state index contributed by atoms with van der Waals surface area (Å²) in [5.41, 5.74) is 0.799. The van der Waals surface area contributed by atoms with E-state index in [4.69, 9.17) is 0 Å². The first-order chi connectivity index (χ1) is 7.57. The lowest BCUT2D eigenvalue weighted by atomic mass is 10.2. The highest BCUT2D eigenvalue weighted by Gasteiger charge is 2.09. The van der Waals surface area contributed by atoms with Gasteiger partial charge in [-0.25, -0.2) is 8.42 Å². The molecule has 0 amide bonds. The molecule has 1 N–H and O–H groups in total. The summed E-state index contributed by atoms with van der Waals surface area (Å²) >= 11 is 0. The third-order valence-electron chi connectivity index (χ3n) is 1.85. The number of benzene rings is 1. The highest BCUT2D eigenvalue weighted by molar-refractivity contribution is 7.92. The molecule has 1 rings (SSSR count). The van der Waals surface area contributed by atoms with Crippen LogP contribution in [0, 0.1) is 0 Å². The number of nitrogens with one attached hydrogen (secondary N) is 1. The largest absolute Gasteiger partial charge is 0.384 e. The van der Waals surface area contributed by atoms with Gasteiger partial charge in [0.2, 0.25) is 10.0 Å². The Kier molecular flexibility index (Phi) is 4.45. The molecule has 0 aliphatic rings. The van der Waals surface area contributed by atoms with Crippen LogP contribution in [0.2, 0.25) is 0 Å². The van der Waals surface area contributed by atoms with E-state index in [2.05, 4.69) is 9.46 Å². The lowest BCUT2D eigenvalue weighted by Crippen LogP contribution is -2.19. The number of methoxy groups -OCH3 is 1. The molecule has 6 heteroatoms. The Morgan fingerprint density at radius 2 is 2.19 bits per heavy atom. The third kappa shape index (κ3) is 4.00. The molecule has 1 aromatic carbocycles. The molecule has 0 aliphatic heterocycles. The predicted molar refractivity (Wildman–Crippen MR) is 61.1 cm³/mol. The molecular formula is C10H13NO4S. The first kappa shape index (κ1) is 12.7. The average Bonchev–Trinajstić information content (AvgIpc) is 2.26. The van der Waals surface area contributed by atoms with Crippen LogP contribution in [0.5, 0.6) is 0 Å². The number of sulfonamides is 1. The van der Waals surface area contributed by atoms with Crippen LogP contribution in [0.3, 0.4) is 0 Å². The molecule has 0 unspecified atom stereocenters. The van der Waals surface area contributed by atoms with E-state index in [-0.39, 0.29) is 12.4 Å². The second-order valence-electron chi connectivity index (χ2n) is 3.16. The molecule has 0 fully saturated rings. The van der Waals surface area contributed by atoms with Gasteiger partial charge in [-0.15, -0.1) is 0 Å². The number of anilines is 1. The van der Waals surface area contributed by atoms with E-state index in [0.29, 0.717) is 17.5 Å². The quantitative estimate of drug-likeness (QED) is 0.753. The number of hydrogen-bond donors (Lipinski definition) is 1. The van der Waals surface area contributed by atoms with E-state index in [1.807, 2.05) is 0 Å². The fourth-order valence-electron chi connectivity index (χ4n) is 1.10. The predicted octanol–water partition coefficient (Wildman–Crippen LogP) is 0.887. The topological polar surface area (TPSA) is 72.5 Å². The third-order valence-corrected chi connectivity index (χ3v) is 3.10. The summed E-state index contributed by atoms with van der Waals surface area (Å²) in [4.78, 5) is 10.5. The molecule has 0 spiro atoms. The minimum atomic E-state index is -3.41. The van der Waals surface area contributed by atoms with Crippen molar-refractivity contribution in [3.05, 3.63) is 29.8 Å². The Hall–Kier alpha value is -1.40. The molecule has 0 atom stereocenters. The molecule has 1 aromatic rings. The number of aldehydes is 1. The fraction of sp³-hybridized carbons (Fsp3) is 0.300. The smallest absolute Gasteiger partial charge is 0.234 e. The van der Waals surface area contributed by atoms with Crippen molar-refractivity contribution in [3.8, 4) is 0 Å². The molecule has 0 radical (unpaired) electrons. The minimum Gasteiger partial charge on any atom is -0.384 e. The van der Waals surface area contributed by atoms with Crippen molar-refractivity contribution in [2.24, 2.45) is 0 Å². The highest BCUT2D eigenvalue weighted by Crippen LogP contribution is 2.11. The fourth-order valence-corrected chi connectivity index (χ4v) is 2.07. The molecule has 5 nitrogen and oxygen atoms in total. The van der Waals surface area contributed by atoms with E-state index in [9.17, 15) is 13.2 Å². The van der Waals surface area contributed by atoms with Gasteiger partial charge >= 0.3 is 0 Å². The van der Waals surface area contributed by atoms with Crippen LogP contribution in [-0.2, 0) is 14.8 Å². The molecule has 16 heavy (non-hydrogen) atoms. The van der Waals surface area contributed by atoms with Crippen molar-refractivity contribution in [2.75, 3.05) is 24.2 Å². The van der Waals surface area contributed by atoms with E-state index < -0.39 is 10.0 Å². The van der Waals surface area contributed by atoms with Gasteiger partial charge in [0.15, 0.2) is 0 Å². The standard InChI is InChI=1S/C10H13NO4S/c1-15-5-6-16(13,14)11-10-4-2-3-9(7-10)8-12/h2-4,7-8,11H,5-6H2,1H3. The van der Waals surface area contributed by atoms with Gasteiger partial charge < -0.3 is 4.74 Å². The van der Waals surface area contributed by atoms with E-state index in [1.54, 1.807) is 18.2 Å². The summed E-state index contributed by atoms with van der Waals surface area (Å²) in [6.45, 7) is 0.128. The molecular weight excluding hydrogens is 230 g/mol. The molecule has 0 aromatic heterocycles. The average molecular weight is 243 g/mol. The molecule has 0 saturated carbocycles. The van der Waals surface area contributed by atoms with Crippen molar-refractivity contribution in [3.63, 3.8) is 0 Å². The number of carbonyl (C=O) groups excluding carboxylic acids is 1. The first-order valence-electron chi connectivity index (χ1n) is 4.62. The van der Waals surface area contributed by atoms with Gasteiger partial charge in [0.1, 0.15) is 6.29 Å².